The molecule has 26 heavy (non-hydrogen) atoms. The van der Waals surface area contributed by atoms with E-state index in [-0.39, 0.29) is 6.04 Å². The fourth-order valence-electron chi connectivity index (χ4n) is 3.92. The number of piperazine rings is 1. The molecule has 0 aliphatic carbocycles. The maximum Gasteiger partial charge on any atom is 0.115 e. The van der Waals surface area contributed by atoms with E-state index in [1.165, 1.54) is 5.56 Å². The van der Waals surface area contributed by atoms with Gasteiger partial charge in [-0.3, -0.25) is 9.80 Å². The van der Waals surface area contributed by atoms with E-state index < -0.39 is 0 Å². The third-order valence-corrected chi connectivity index (χ3v) is 5.76. The predicted octanol–water partition coefficient (Wildman–Crippen LogP) is 4.82. The monoisotopic (exact) mass is 414 g/mol. The molecule has 2 aromatic rings. The SMILES string of the molecule is C=CCN1CC(C)N(C(c2ccc(Br)cc2)c2cccc(O)c2)CC1C. The number of hydrogen-bond acceptors (Lipinski definition) is 3. The van der Waals surface area contributed by atoms with Gasteiger partial charge in [0.1, 0.15) is 5.75 Å². The van der Waals surface area contributed by atoms with Crippen molar-refractivity contribution in [2.45, 2.75) is 32.0 Å². The highest BCUT2D eigenvalue weighted by atomic mass is 79.9. The third kappa shape index (κ3) is 4.20. The standard InChI is InChI=1S/C22H27BrN2O/c1-4-12-24-14-17(3)25(15-16(24)2)22(18-8-10-20(23)11-9-18)19-6-5-7-21(26)13-19/h4-11,13,16-17,22,26H,1,12,14-15H2,2-3H3. The lowest BCUT2D eigenvalue weighted by Gasteiger charge is -2.47. The molecule has 0 saturated carbocycles. The van der Waals surface area contributed by atoms with Gasteiger partial charge in [0.25, 0.3) is 0 Å². The third-order valence-electron chi connectivity index (χ3n) is 5.23. The Labute approximate surface area is 165 Å². The summed E-state index contributed by atoms with van der Waals surface area (Å²) in [7, 11) is 0. The van der Waals surface area contributed by atoms with Crippen molar-refractivity contribution in [1.29, 1.82) is 0 Å². The molecule has 0 amide bonds. The second-order valence-corrected chi connectivity index (χ2v) is 8.10. The molecule has 0 bridgehead atoms. The van der Waals surface area contributed by atoms with E-state index in [4.69, 9.17) is 0 Å². The maximum atomic E-state index is 10.0. The number of halogens is 1. The number of hydrogen-bond donors (Lipinski definition) is 1. The molecule has 0 aromatic heterocycles. The van der Waals surface area contributed by atoms with Crippen LogP contribution in [0.2, 0.25) is 0 Å². The summed E-state index contributed by atoms with van der Waals surface area (Å²) < 4.78 is 1.08. The quantitative estimate of drug-likeness (QED) is 0.709. The zero-order valence-electron chi connectivity index (χ0n) is 15.5. The Morgan fingerprint density at radius 2 is 1.85 bits per heavy atom. The van der Waals surface area contributed by atoms with Crippen LogP contribution >= 0.6 is 15.9 Å². The molecule has 4 heteroatoms. The number of benzene rings is 2. The molecular formula is C22H27BrN2O. The number of nitrogens with zero attached hydrogens (tertiary/aromatic N) is 2. The minimum Gasteiger partial charge on any atom is -0.508 e. The van der Waals surface area contributed by atoms with Gasteiger partial charge in [-0.25, -0.2) is 0 Å². The lowest BCUT2D eigenvalue weighted by atomic mass is 9.93. The number of aromatic hydroxyl groups is 1. The molecule has 2 aromatic carbocycles. The second-order valence-electron chi connectivity index (χ2n) is 7.19. The summed E-state index contributed by atoms with van der Waals surface area (Å²) in [6.07, 6.45) is 1.99. The van der Waals surface area contributed by atoms with Crippen molar-refractivity contribution in [3.8, 4) is 5.75 Å². The van der Waals surface area contributed by atoms with Crippen LogP contribution < -0.4 is 0 Å². The molecule has 1 fully saturated rings. The summed E-state index contributed by atoms with van der Waals surface area (Å²) in [6, 6.07) is 17.2. The number of rotatable bonds is 5. The van der Waals surface area contributed by atoms with Gasteiger partial charge in [0.05, 0.1) is 6.04 Å². The van der Waals surface area contributed by atoms with E-state index in [2.05, 4.69) is 76.5 Å². The lowest BCUT2D eigenvalue weighted by molar-refractivity contribution is 0.0306. The smallest absolute Gasteiger partial charge is 0.115 e. The Morgan fingerprint density at radius 3 is 2.50 bits per heavy atom. The van der Waals surface area contributed by atoms with E-state index in [1.807, 2.05) is 18.2 Å². The van der Waals surface area contributed by atoms with Crippen molar-refractivity contribution < 1.29 is 5.11 Å². The summed E-state index contributed by atoms with van der Waals surface area (Å²) >= 11 is 3.54. The Kier molecular flexibility index (Phi) is 6.17. The van der Waals surface area contributed by atoms with Gasteiger partial charge in [0.2, 0.25) is 0 Å². The van der Waals surface area contributed by atoms with Crippen LogP contribution in [-0.4, -0.2) is 46.6 Å². The fraction of sp³-hybridized carbons (Fsp3) is 0.364. The molecule has 1 aliphatic heterocycles. The summed E-state index contributed by atoms with van der Waals surface area (Å²) in [4.78, 5) is 5.04. The Morgan fingerprint density at radius 1 is 1.12 bits per heavy atom. The highest BCUT2D eigenvalue weighted by molar-refractivity contribution is 9.10. The molecule has 0 spiro atoms. The van der Waals surface area contributed by atoms with E-state index in [0.717, 1.165) is 29.7 Å². The molecular weight excluding hydrogens is 388 g/mol. The van der Waals surface area contributed by atoms with Gasteiger partial charge < -0.3 is 5.11 Å². The first-order valence-electron chi connectivity index (χ1n) is 9.14. The van der Waals surface area contributed by atoms with E-state index in [1.54, 1.807) is 6.07 Å². The summed E-state index contributed by atoms with van der Waals surface area (Å²) in [6.45, 7) is 11.4. The lowest BCUT2D eigenvalue weighted by Crippen LogP contribution is -2.57. The number of phenolic OH excluding ortho intramolecular Hbond substituents is 1. The van der Waals surface area contributed by atoms with Crippen LogP contribution in [0.4, 0.5) is 0 Å². The first-order chi connectivity index (χ1) is 12.5. The molecule has 1 N–H and O–H groups in total. The van der Waals surface area contributed by atoms with Gasteiger partial charge >= 0.3 is 0 Å². The van der Waals surface area contributed by atoms with Crippen LogP contribution in [0.1, 0.15) is 31.0 Å². The van der Waals surface area contributed by atoms with Crippen molar-refractivity contribution in [2.24, 2.45) is 0 Å². The van der Waals surface area contributed by atoms with E-state index in [9.17, 15) is 5.11 Å². The molecule has 3 nitrogen and oxygen atoms in total. The van der Waals surface area contributed by atoms with E-state index in [0.29, 0.717) is 17.8 Å². The number of phenols is 1. The van der Waals surface area contributed by atoms with Crippen LogP contribution in [0.3, 0.4) is 0 Å². The van der Waals surface area contributed by atoms with Crippen LogP contribution in [0.25, 0.3) is 0 Å². The molecule has 0 radical (unpaired) electrons. The second kappa shape index (κ2) is 8.38. The fourth-order valence-corrected chi connectivity index (χ4v) is 4.18. The first kappa shape index (κ1) is 19.2. The molecule has 1 heterocycles. The van der Waals surface area contributed by atoms with Gasteiger partial charge in [0, 0.05) is 36.2 Å². The molecule has 1 saturated heterocycles. The minimum atomic E-state index is 0.124. The van der Waals surface area contributed by atoms with Crippen LogP contribution in [0.5, 0.6) is 5.75 Å². The normalized spacial score (nSPS) is 22.9. The Bertz CT molecular complexity index is 746. The van der Waals surface area contributed by atoms with Gasteiger partial charge in [-0.15, -0.1) is 6.58 Å². The van der Waals surface area contributed by atoms with Gasteiger partial charge in [-0.2, -0.15) is 0 Å². The summed E-state index contributed by atoms with van der Waals surface area (Å²) in [5, 5.41) is 10.0. The van der Waals surface area contributed by atoms with Crippen LogP contribution in [-0.2, 0) is 0 Å². The van der Waals surface area contributed by atoms with Gasteiger partial charge in [-0.05, 0) is 49.2 Å². The minimum absolute atomic E-state index is 0.124. The molecule has 3 atom stereocenters. The van der Waals surface area contributed by atoms with Crippen molar-refractivity contribution in [1.82, 2.24) is 9.80 Å². The largest absolute Gasteiger partial charge is 0.508 e. The molecule has 1 aliphatic rings. The van der Waals surface area contributed by atoms with Gasteiger partial charge in [-0.1, -0.05) is 46.3 Å². The summed E-state index contributed by atoms with van der Waals surface area (Å²) in [5.41, 5.74) is 2.37. The van der Waals surface area contributed by atoms with Crippen LogP contribution in [0, 0.1) is 0 Å². The van der Waals surface area contributed by atoms with Gasteiger partial charge in [0.15, 0.2) is 0 Å². The van der Waals surface area contributed by atoms with Crippen molar-refractivity contribution in [2.75, 3.05) is 19.6 Å². The van der Waals surface area contributed by atoms with Crippen molar-refractivity contribution in [3.63, 3.8) is 0 Å². The highest BCUT2D eigenvalue weighted by Crippen LogP contribution is 2.34. The maximum absolute atomic E-state index is 10.0. The predicted molar refractivity (Wildman–Crippen MR) is 111 cm³/mol. The molecule has 3 rings (SSSR count). The first-order valence-corrected chi connectivity index (χ1v) is 9.94. The molecule has 138 valence electrons. The zero-order valence-corrected chi connectivity index (χ0v) is 17.1. The average Bonchev–Trinajstić information content (AvgIpc) is 2.61. The molecule has 3 unspecified atom stereocenters. The van der Waals surface area contributed by atoms with Crippen molar-refractivity contribution in [3.05, 3.63) is 76.8 Å². The zero-order chi connectivity index (χ0) is 18.7. The highest BCUT2D eigenvalue weighted by Gasteiger charge is 2.34. The van der Waals surface area contributed by atoms with E-state index >= 15 is 0 Å². The summed E-state index contributed by atoms with van der Waals surface area (Å²) in [5.74, 6) is 0.315. The Balaban J connectivity index is 1.98. The van der Waals surface area contributed by atoms with Crippen molar-refractivity contribution >= 4 is 15.9 Å². The van der Waals surface area contributed by atoms with Crippen LogP contribution in [0.15, 0.2) is 65.7 Å². The topological polar surface area (TPSA) is 26.7 Å². The Hall–Kier alpha value is -1.62. The average molecular weight is 415 g/mol.